The van der Waals surface area contributed by atoms with Crippen molar-refractivity contribution < 1.29 is 22.8 Å². The number of rotatable bonds is 6. The Morgan fingerprint density at radius 3 is 2.13 bits per heavy atom. The average molecular weight is 260 g/mol. The molecule has 3 N–H and O–H groups in total. The summed E-state index contributed by atoms with van der Waals surface area (Å²) in [4.78, 5) is 17.8. The smallest absolute Gasteiger partial charge is 0.323 e. The molecular formula is C6H17N2O5PS. The molecule has 1 unspecified atom stereocenters. The van der Waals surface area contributed by atoms with Gasteiger partial charge in [0.1, 0.15) is 5.78 Å². The fourth-order valence-electron chi connectivity index (χ4n) is 0.847. The molecule has 0 aromatic carbocycles. The zero-order valence-corrected chi connectivity index (χ0v) is 10.6. The summed E-state index contributed by atoms with van der Waals surface area (Å²) in [5.74, 6) is -1.35. The largest absolute Gasteiger partial charge is 0.343 e. The van der Waals surface area contributed by atoms with Gasteiger partial charge in [0, 0.05) is 14.1 Å². The van der Waals surface area contributed by atoms with Gasteiger partial charge in [0.25, 0.3) is 10.2 Å². The van der Waals surface area contributed by atoms with E-state index in [4.69, 9.17) is 9.79 Å². The first-order valence-corrected chi connectivity index (χ1v) is 7.48. The lowest BCUT2D eigenvalue weighted by Crippen LogP contribution is -2.41. The molecule has 0 saturated carbocycles. The number of nitrogens with one attached hydrogen (secondary N) is 1. The molecule has 92 valence electrons. The zero-order chi connectivity index (χ0) is 12.3. The lowest BCUT2D eigenvalue weighted by atomic mass is 10.3. The summed E-state index contributed by atoms with van der Waals surface area (Å²) in [5.41, 5.74) is 0. The Morgan fingerprint density at radius 2 is 1.87 bits per heavy atom. The van der Waals surface area contributed by atoms with E-state index < -0.39 is 23.6 Å². The molecule has 0 aromatic rings. The Bertz CT molecular complexity index is 335. The van der Waals surface area contributed by atoms with Gasteiger partial charge in [0.15, 0.2) is 0 Å². The van der Waals surface area contributed by atoms with Gasteiger partial charge in [0.05, 0.1) is 0 Å². The second-order valence-electron chi connectivity index (χ2n) is 3.30. The first-order valence-electron chi connectivity index (χ1n) is 4.36. The van der Waals surface area contributed by atoms with Crippen LogP contribution in [0, 0.1) is 0 Å². The van der Waals surface area contributed by atoms with E-state index in [2.05, 4.69) is 0 Å². The number of hydrogen-bond donors (Lipinski definition) is 3. The van der Waals surface area contributed by atoms with Crippen molar-refractivity contribution in [2.24, 2.45) is 0 Å². The lowest BCUT2D eigenvalue weighted by Gasteiger charge is -2.21. The first kappa shape index (κ1) is 15.0. The van der Waals surface area contributed by atoms with E-state index in [1.165, 1.54) is 14.1 Å². The molecule has 0 bridgehead atoms. The van der Waals surface area contributed by atoms with Gasteiger partial charge in [-0.2, -0.15) is 17.4 Å². The molecule has 0 heterocycles. The molecule has 0 aliphatic heterocycles. The minimum absolute atomic E-state index is 0.0946. The van der Waals surface area contributed by atoms with Crippen LogP contribution >= 0.6 is 7.60 Å². The summed E-state index contributed by atoms with van der Waals surface area (Å²) in [6.07, 6.45) is 0.572. The van der Waals surface area contributed by atoms with Gasteiger partial charge >= 0.3 is 7.60 Å². The molecule has 0 fully saturated rings. The van der Waals surface area contributed by atoms with E-state index in [1.54, 1.807) is 6.92 Å². The summed E-state index contributed by atoms with van der Waals surface area (Å²) in [6.45, 7) is 1.71. The molecule has 0 rings (SSSR count). The minimum Gasteiger partial charge on any atom is -0.323 e. The molecule has 7 nitrogen and oxygen atoms in total. The standard InChI is InChI=1S/C6H17N2O5PS/c1-4-5-6(14(9,10)11)7-15(12,13)8(2)3/h6-7H,4-5H2,1-3H3,(H2,9,10,11). The number of nitrogens with zero attached hydrogens (tertiary/aromatic N) is 1. The third-order valence-electron chi connectivity index (χ3n) is 1.73. The third kappa shape index (κ3) is 5.05. The molecule has 0 amide bonds. The van der Waals surface area contributed by atoms with Gasteiger partial charge in [-0.15, -0.1) is 0 Å². The van der Waals surface area contributed by atoms with Crippen LogP contribution in [0.3, 0.4) is 0 Å². The molecule has 9 heteroatoms. The van der Waals surface area contributed by atoms with Crippen LogP contribution in [0.25, 0.3) is 0 Å². The van der Waals surface area contributed by atoms with E-state index in [-0.39, 0.29) is 6.42 Å². The molecular weight excluding hydrogens is 243 g/mol. The van der Waals surface area contributed by atoms with Gasteiger partial charge in [-0.25, -0.2) is 0 Å². The maximum absolute atomic E-state index is 11.3. The molecule has 0 aromatic heterocycles. The van der Waals surface area contributed by atoms with E-state index in [0.29, 0.717) is 6.42 Å². The van der Waals surface area contributed by atoms with Crippen molar-refractivity contribution in [3.05, 3.63) is 0 Å². The summed E-state index contributed by atoms with van der Waals surface area (Å²) >= 11 is 0. The highest BCUT2D eigenvalue weighted by atomic mass is 32.2. The predicted octanol–water partition coefficient (Wildman–Crippen LogP) is -0.314. The SMILES string of the molecule is CCCC(NS(=O)(=O)N(C)C)P(=O)(O)O. The van der Waals surface area contributed by atoms with Crippen LogP contribution in [0.5, 0.6) is 0 Å². The van der Waals surface area contributed by atoms with E-state index in [0.717, 1.165) is 4.31 Å². The second-order valence-corrected chi connectivity index (χ2v) is 7.02. The maximum atomic E-state index is 11.3. The van der Waals surface area contributed by atoms with Crippen LogP contribution in [0.2, 0.25) is 0 Å². The summed E-state index contributed by atoms with van der Waals surface area (Å²) in [6, 6.07) is 0. The topological polar surface area (TPSA) is 107 Å². The summed E-state index contributed by atoms with van der Waals surface area (Å²) in [7, 11) is -5.69. The van der Waals surface area contributed by atoms with Crippen LogP contribution in [0.15, 0.2) is 0 Å². The Labute approximate surface area is 89.8 Å². The van der Waals surface area contributed by atoms with Crippen molar-refractivity contribution in [3.63, 3.8) is 0 Å². The highest BCUT2D eigenvalue weighted by molar-refractivity contribution is 7.87. The fourth-order valence-corrected chi connectivity index (χ4v) is 3.06. The van der Waals surface area contributed by atoms with Crippen LogP contribution in [0.1, 0.15) is 19.8 Å². The Hall–Kier alpha value is 0.0200. The van der Waals surface area contributed by atoms with Crippen LogP contribution < -0.4 is 4.72 Å². The average Bonchev–Trinajstić information content (AvgIpc) is 2.01. The van der Waals surface area contributed by atoms with Gasteiger partial charge in [-0.3, -0.25) is 4.57 Å². The van der Waals surface area contributed by atoms with Crippen molar-refractivity contribution in [1.82, 2.24) is 9.03 Å². The van der Waals surface area contributed by atoms with E-state index in [9.17, 15) is 13.0 Å². The predicted molar refractivity (Wildman–Crippen MR) is 56.5 cm³/mol. The van der Waals surface area contributed by atoms with Gasteiger partial charge in [-0.1, -0.05) is 13.3 Å². The molecule has 1 atom stereocenters. The number of hydrogen-bond acceptors (Lipinski definition) is 3. The van der Waals surface area contributed by atoms with E-state index >= 15 is 0 Å². The van der Waals surface area contributed by atoms with E-state index in [1.807, 2.05) is 4.72 Å². The zero-order valence-electron chi connectivity index (χ0n) is 8.91. The van der Waals surface area contributed by atoms with Crippen molar-refractivity contribution in [1.29, 1.82) is 0 Å². The molecule has 15 heavy (non-hydrogen) atoms. The van der Waals surface area contributed by atoms with Crippen LogP contribution in [-0.4, -0.2) is 42.4 Å². The monoisotopic (exact) mass is 260 g/mol. The highest BCUT2D eigenvalue weighted by Gasteiger charge is 2.32. The third-order valence-corrected chi connectivity index (χ3v) is 4.65. The van der Waals surface area contributed by atoms with Crippen molar-refractivity contribution >= 4 is 17.8 Å². The van der Waals surface area contributed by atoms with Crippen molar-refractivity contribution in [2.75, 3.05) is 14.1 Å². The van der Waals surface area contributed by atoms with Gasteiger partial charge < -0.3 is 9.79 Å². The van der Waals surface area contributed by atoms with Crippen molar-refractivity contribution in [3.8, 4) is 0 Å². The quantitative estimate of drug-likeness (QED) is 0.568. The molecule has 0 spiro atoms. The van der Waals surface area contributed by atoms with Gasteiger partial charge in [-0.05, 0) is 6.42 Å². The van der Waals surface area contributed by atoms with Crippen molar-refractivity contribution in [2.45, 2.75) is 25.5 Å². The molecule has 0 radical (unpaired) electrons. The Kier molecular flexibility index (Phi) is 5.39. The Balaban J connectivity index is 4.79. The molecule has 0 aliphatic carbocycles. The maximum Gasteiger partial charge on any atom is 0.343 e. The lowest BCUT2D eigenvalue weighted by molar-refractivity contribution is 0.347. The minimum atomic E-state index is -4.45. The normalized spacial score (nSPS) is 15.6. The first-order chi connectivity index (χ1) is 6.61. The summed E-state index contributed by atoms with van der Waals surface area (Å²) in [5, 5.41) is 0. The van der Waals surface area contributed by atoms with Crippen LogP contribution in [-0.2, 0) is 14.8 Å². The Morgan fingerprint density at radius 1 is 1.40 bits per heavy atom. The fraction of sp³-hybridized carbons (Fsp3) is 1.00. The summed E-state index contributed by atoms with van der Waals surface area (Å²) < 4.78 is 36.5. The van der Waals surface area contributed by atoms with Crippen LogP contribution in [0.4, 0.5) is 0 Å². The molecule has 0 aliphatic rings. The van der Waals surface area contributed by atoms with Gasteiger partial charge in [0.2, 0.25) is 0 Å². The second kappa shape index (κ2) is 5.38. The highest BCUT2D eigenvalue weighted by Crippen LogP contribution is 2.42. The molecule has 0 saturated heterocycles.